The van der Waals surface area contributed by atoms with Gasteiger partial charge in [-0.2, -0.15) is 0 Å². The molecule has 2 fully saturated rings. The number of hydrogen-bond acceptors (Lipinski definition) is 8. The van der Waals surface area contributed by atoms with Crippen LogP contribution in [0, 0.1) is 21.3 Å². The second-order valence-electron chi connectivity index (χ2n) is 10.8. The number of carbonyl (C=O) groups is 2. The van der Waals surface area contributed by atoms with Crippen LogP contribution in [0.2, 0.25) is 0 Å². The van der Waals surface area contributed by atoms with E-state index in [4.69, 9.17) is 14.2 Å². The Kier molecular flexibility index (Phi) is 8.91. The Labute approximate surface area is 253 Å². The van der Waals surface area contributed by atoms with E-state index in [0.717, 1.165) is 28.7 Å². The first-order chi connectivity index (χ1) is 19.6. The van der Waals surface area contributed by atoms with Crippen molar-refractivity contribution in [3.63, 3.8) is 0 Å². The molecule has 1 aliphatic carbocycles. The van der Waals surface area contributed by atoms with Gasteiger partial charge in [-0.3, -0.25) is 14.5 Å². The summed E-state index contributed by atoms with van der Waals surface area (Å²) in [4.78, 5) is 28.5. The van der Waals surface area contributed by atoms with Gasteiger partial charge in [0.1, 0.15) is 0 Å². The molecule has 0 bridgehead atoms. The Balaban J connectivity index is 1.37. The van der Waals surface area contributed by atoms with Gasteiger partial charge in [0, 0.05) is 13.0 Å². The fourth-order valence-electron chi connectivity index (χ4n) is 6.41. The van der Waals surface area contributed by atoms with E-state index >= 15 is 0 Å². The lowest BCUT2D eigenvalue weighted by Gasteiger charge is -2.31. The van der Waals surface area contributed by atoms with Crippen LogP contribution >= 0.6 is 22.6 Å². The van der Waals surface area contributed by atoms with Crippen LogP contribution in [-0.2, 0) is 19.1 Å². The van der Waals surface area contributed by atoms with Gasteiger partial charge in [-0.1, -0.05) is 23.8 Å². The highest BCUT2D eigenvalue weighted by atomic mass is 127. The van der Waals surface area contributed by atoms with E-state index in [1.54, 1.807) is 25.3 Å². The molecule has 3 N–H and O–H groups in total. The SMILES string of the molecule is COCC1=C2[C@@H](CC/C(C)=C/c3cc(I)c(O)c(OC)c3)OC[C@@H]2[C@@H]2C(=O)N(c3cccc(B(O)O)c3)C(=O)[C@@H]2C1. The average molecular weight is 673 g/mol. The van der Waals surface area contributed by atoms with E-state index in [9.17, 15) is 24.7 Å². The summed E-state index contributed by atoms with van der Waals surface area (Å²) in [6.07, 6.45) is 3.77. The summed E-state index contributed by atoms with van der Waals surface area (Å²) in [5.74, 6) is -1.27. The smallest absolute Gasteiger partial charge is 0.488 e. The van der Waals surface area contributed by atoms with Gasteiger partial charge in [0.05, 0.1) is 47.5 Å². The molecule has 0 spiro atoms. The topological polar surface area (TPSA) is 126 Å². The number of benzene rings is 2. The molecule has 11 heteroatoms. The normalized spacial score (nSPS) is 24.1. The molecule has 4 atom stereocenters. The molecule has 2 saturated heterocycles. The molecule has 2 aromatic rings. The zero-order valence-electron chi connectivity index (χ0n) is 23.2. The van der Waals surface area contributed by atoms with Crippen LogP contribution in [0.25, 0.3) is 6.08 Å². The van der Waals surface area contributed by atoms with Gasteiger partial charge in [-0.05, 0) is 95.2 Å². The van der Waals surface area contributed by atoms with Crippen LogP contribution in [0.4, 0.5) is 5.69 Å². The number of phenols is 1. The first-order valence-electron chi connectivity index (χ1n) is 13.5. The van der Waals surface area contributed by atoms with Crippen molar-refractivity contribution in [1.29, 1.82) is 0 Å². The Bertz CT molecular complexity index is 1420. The van der Waals surface area contributed by atoms with E-state index in [1.807, 2.05) is 6.07 Å². The molecule has 0 unspecified atom stereocenters. The number of fused-ring (bicyclic) bond motifs is 3. The highest BCUT2D eigenvalue weighted by molar-refractivity contribution is 14.1. The van der Waals surface area contributed by atoms with Gasteiger partial charge >= 0.3 is 7.12 Å². The summed E-state index contributed by atoms with van der Waals surface area (Å²) in [5, 5.41) is 29.4. The molecule has 0 saturated carbocycles. The molecular weight excluding hydrogens is 640 g/mol. The van der Waals surface area contributed by atoms with E-state index in [1.165, 1.54) is 24.1 Å². The Morgan fingerprint density at radius 2 is 1.95 bits per heavy atom. The Hall–Kier alpha value is -2.71. The summed E-state index contributed by atoms with van der Waals surface area (Å²) in [7, 11) is 1.45. The fourth-order valence-corrected chi connectivity index (χ4v) is 7.03. The number of allylic oxidation sites excluding steroid dienone is 1. The minimum atomic E-state index is -1.70. The van der Waals surface area contributed by atoms with Crippen LogP contribution in [-0.4, -0.2) is 67.6 Å². The predicted octanol–water partition coefficient (Wildman–Crippen LogP) is 3.04. The summed E-state index contributed by atoms with van der Waals surface area (Å²) < 4.78 is 17.8. The quantitative estimate of drug-likeness (QED) is 0.161. The number of amides is 2. The third-order valence-electron chi connectivity index (χ3n) is 8.24. The summed E-state index contributed by atoms with van der Waals surface area (Å²) in [5.41, 5.74) is 4.70. The van der Waals surface area contributed by atoms with Gasteiger partial charge in [-0.15, -0.1) is 0 Å². The first-order valence-corrected chi connectivity index (χ1v) is 14.6. The Morgan fingerprint density at radius 1 is 1.17 bits per heavy atom. The van der Waals surface area contributed by atoms with E-state index < -0.39 is 19.0 Å². The van der Waals surface area contributed by atoms with Gasteiger partial charge in [-0.25, -0.2) is 0 Å². The zero-order valence-corrected chi connectivity index (χ0v) is 25.3. The van der Waals surface area contributed by atoms with Crippen LogP contribution in [0.5, 0.6) is 11.5 Å². The predicted molar refractivity (Wildman–Crippen MR) is 163 cm³/mol. The third-order valence-corrected chi connectivity index (χ3v) is 9.06. The molecule has 3 aliphatic rings. The second kappa shape index (κ2) is 12.3. The lowest BCUT2D eigenvalue weighted by molar-refractivity contribution is -0.122. The maximum absolute atomic E-state index is 13.8. The van der Waals surface area contributed by atoms with Crippen molar-refractivity contribution in [2.45, 2.75) is 32.3 Å². The van der Waals surface area contributed by atoms with Crippen LogP contribution in [0.3, 0.4) is 0 Å². The van der Waals surface area contributed by atoms with Gasteiger partial charge in [0.2, 0.25) is 11.8 Å². The van der Waals surface area contributed by atoms with Crippen molar-refractivity contribution in [2.24, 2.45) is 17.8 Å². The van der Waals surface area contributed by atoms with Crippen LogP contribution < -0.4 is 15.1 Å². The lowest BCUT2D eigenvalue weighted by atomic mass is 9.69. The number of halogens is 1. The van der Waals surface area contributed by atoms with Crippen molar-refractivity contribution in [1.82, 2.24) is 0 Å². The number of aromatic hydroxyl groups is 1. The fraction of sp³-hybridized carbons (Fsp3) is 0.400. The van der Waals surface area contributed by atoms with E-state index in [-0.39, 0.29) is 35.0 Å². The standard InChI is InChI=1S/C30H33BINO8/c1-16(9-17-10-23(32)28(34)25(11-17)40-3)7-8-24-26-18(14-39-2)12-21-27(22(26)15-41-24)30(36)33(29(21)35)20-6-4-5-19(13-20)31(37)38/h4-6,9-11,13,21-22,24,27,34,37-38H,7-8,12,14-15H2,1-3H3/b16-9+/t21-,22+,24-,27-/m1/s1. The summed E-state index contributed by atoms with van der Waals surface area (Å²) in [6.45, 7) is 2.77. The Morgan fingerprint density at radius 3 is 2.66 bits per heavy atom. The molecule has 5 rings (SSSR count). The van der Waals surface area contributed by atoms with Crippen molar-refractivity contribution in [3.8, 4) is 11.5 Å². The molecule has 9 nitrogen and oxygen atoms in total. The number of phenolic OH excluding ortho intramolecular Hbond substituents is 1. The maximum Gasteiger partial charge on any atom is 0.488 e. The molecule has 2 aromatic carbocycles. The van der Waals surface area contributed by atoms with Crippen molar-refractivity contribution in [3.05, 3.63) is 62.3 Å². The van der Waals surface area contributed by atoms with E-state index in [0.29, 0.717) is 41.1 Å². The van der Waals surface area contributed by atoms with Crippen molar-refractivity contribution >= 4 is 58.7 Å². The summed E-state index contributed by atoms with van der Waals surface area (Å²) in [6, 6.07) is 9.94. The third kappa shape index (κ3) is 5.70. The highest BCUT2D eigenvalue weighted by Gasteiger charge is 2.57. The number of ether oxygens (including phenoxy) is 3. The molecule has 0 radical (unpaired) electrons. The average Bonchev–Trinajstić information content (AvgIpc) is 3.48. The minimum Gasteiger partial charge on any atom is -0.504 e. The second-order valence-corrected chi connectivity index (χ2v) is 12.0. The minimum absolute atomic E-state index is 0.124. The number of carbonyl (C=O) groups excluding carboxylic acids is 2. The number of anilines is 1. The molecule has 2 heterocycles. The number of methoxy groups -OCH3 is 2. The van der Waals surface area contributed by atoms with Gasteiger partial charge in [0.25, 0.3) is 0 Å². The largest absolute Gasteiger partial charge is 0.504 e. The zero-order chi connectivity index (χ0) is 29.4. The molecule has 41 heavy (non-hydrogen) atoms. The monoisotopic (exact) mass is 673 g/mol. The summed E-state index contributed by atoms with van der Waals surface area (Å²) >= 11 is 2.08. The maximum atomic E-state index is 13.8. The highest BCUT2D eigenvalue weighted by Crippen LogP contribution is 2.50. The van der Waals surface area contributed by atoms with Gasteiger partial charge in [0.15, 0.2) is 11.5 Å². The molecule has 0 aromatic heterocycles. The first kappa shape index (κ1) is 29.8. The lowest BCUT2D eigenvalue weighted by Crippen LogP contribution is -2.36. The van der Waals surface area contributed by atoms with E-state index in [2.05, 4.69) is 35.6 Å². The van der Waals surface area contributed by atoms with Gasteiger partial charge < -0.3 is 29.4 Å². The van der Waals surface area contributed by atoms with Crippen molar-refractivity contribution < 1.29 is 39.0 Å². The molecule has 2 amide bonds. The number of rotatable bonds is 9. The van der Waals surface area contributed by atoms with Crippen molar-refractivity contribution in [2.75, 3.05) is 32.3 Å². The molecular formula is C30H33BINO8. The number of hydrogen-bond donors (Lipinski definition) is 3. The molecule has 2 aliphatic heterocycles. The number of imide groups is 1. The molecule has 216 valence electrons. The number of nitrogens with zero attached hydrogens (tertiary/aromatic N) is 1. The van der Waals surface area contributed by atoms with Crippen LogP contribution in [0.15, 0.2) is 53.1 Å². The van der Waals surface area contributed by atoms with Crippen LogP contribution in [0.1, 0.15) is 31.7 Å².